The molecule has 2 aromatic rings. The zero-order valence-electron chi connectivity index (χ0n) is 10.6. The van der Waals surface area contributed by atoms with Crippen molar-refractivity contribution in [2.75, 3.05) is 5.32 Å². The molecule has 96 valence electrons. The van der Waals surface area contributed by atoms with E-state index >= 15 is 0 Å². The van der Waals surface area contributed by atoms with E-state index < -0.39 is 5.82 Å². The van der Waals surface area contributed by atoms with E-state index in [9.17, 15) is 4.39 Å². The fraction of sp³-hybridized carbons (Fsp3) is 0.133. The summed E-state index contributed by atoms with van der Waals surface area (Å²) in [6, 6.07) is 10.1. The second-order valence-corrected chi connectivity index (χ2v) is 5.30. The molecule has 0 aliphatic rings. The zero-order chi connectivity index (χ0) is 14.0. The van der Waals surface area contributed by atoms with Gasteiger partial charge in [-0.2, -0.15) is 5.26 Å². The molecule has 0 aromatic heterocycles. The Bertz CT molecular complexity index is 651. The van der Waals surface area contributed by atoms with E-state index in [1.807, 2.05) is 32.0 Å². The van der Waals surface area contributed by atoms with Crippen LogP contribution < -0.4 is 5.32 Å². The number of nitrogens with zero attached hydrogens (tertiary/aromatic N) is 1. The van der Waals surface area contributed by atoms with Crippen molar-refractivity contribution in [3.63, 3.8) is 0 Å². The molecule has 2 nitrogen and oxygen atoms in total. The Morgan fingerprint density at radius 1 is 1.11 bits per heavy atom. The third-order valence-corrected chi connectivity index (χ3v) is 3.25. The van der Waals surface area contributed by atoms with Gasteiger partial charge in [0.1, 0.15) is 5.82 Å². The van der Waals surface area contributed by atoms with Crippen LogP contribution >= 0.6 is 15.9 Å². The van der Waals surface area contributed by atoms with Gasteiger partial charge in [0.2, 0.25) is 0 Å². The molecule has 0 radical (unpaired) electrons. The second-order valence-electron chi connectivity index (χ2n) is 4.38. The Balaban J connectivity index is 2.42. The molecule has 0 unspecified atom stereocenters. The normalized spacial score (nSPS) is 10.1. The van der Waals surface area contributed by atoms with Crippen molar-refractivity contribution in [3.05, 3.63) is 57.3 Å². The van der Waals surface area contributed by atoms with Crippen molar-refractivity contribution in [1.29, 1.82) is 5.26 Å². The lowest BCUT2D eigenvalue weighted by Crippen LogP contribution is -1.97. The summed E-state index contributed by atoms with van der Waals surface area (Å²) >= 11 is 3.44. The SMILES string of the molecule is Cc1cc(Br)cc(C)c1Nc1cc(F)cc(C#N)c1. The van der Waals surface area contributed by atoms with Crippen molar-refractivity contribution < 1.29 is 4.39 Å². The summed E-state index contributed by atoms with van der Waals surface area (Å²) in [5.41, 5.74) is 3.90. The van der Waals surface area contributed by atoms with Crippen molar-refractivity contribution in [1.82, 2.24) is 0 Å². The highest BCUT2D eigenvalue weighted by atomic mass is 79.9. The topological polar surface area (TPSA) is 35.8 Å². The van der Waals surface area contributed by atoms with Gasteiger partial charge in [0.05, 0.1) is 11.6 Å². The third-order valence-electron chi connectivity index (χ3n) is 2.79. The van der Waals surface area contributed by atoms with Gasteiger partial charge >= 0.3 is 0 Å². The van der Waals surface area contributed by atoms with Crippen LogP contribution in [0.2, 0.25) is 0 Å². The number of aryl methyl sites for hydroxylation is 2. The molecule has 4 heteroatoms. The number of hydrogen-bond donors (Lipinski definition) is 1. The van der Waals surface area contributed by atoms with Crippen molar-refractivity contribution >= 4 is 27.3 Å². The van der Waals surface area contributed by atoms with Gasteiger partial charge in [-0.05, 0) is 55.3 Å². The largest absolute Gasteiger partial charge is 0.355 e. The van der Waals surface area contributed by atoms with Crippen molar-refractivity contribution in [3.8, 4) is 6.07 Å². The van der Waals surface area contributed by atoms with E-state index in [0.717, 1.165) is 21.3 Å². The molecule has 2 rings (SSSR count). The van der Waals surface area contributed by atoms with Gasteiger partial charge in [-0.15, -0.1) is 0 Å². The number of anilines is 2. The number of nitrogens with one attached hydrogen (secondary N) is 1. The average molecular weight is 319 g/mol. The van der Waals surface area contributed by atoms with E-state index in [0.29, 0.717) is 11.3 Å². The number of nitriles is 1. The third kappa shape index (κ3) is 3.12. The highest BCUT2D eigenvalue weighted by Crippen LogP contribution is 2.28. The monoisotopic (exact) mass is 318 g/mol. The first-order valence-electron chi connectivity index (χ1n) is 5.74. The summed E-state index contributed by atoms with van der Waals surface area (Å²) < 4.78 is 14.4. The lowest BCUT2D eigenvalue weighted by molar-refractivity contribution is 0.628. The van der Waals surface area contributed by atoms with Gasteiger partial charge in [-0.3, -0.25) is 0 Å². The van der Waals surface area contributed by atoms with Crippen LogP contribution in [0.15, 0.2) is 34.8 Å². The van der Waals surface area contributed by atoms with Crippen LogP contribution in [0.5, 0.6) is 0 Å². The minimum atomic E-state index is -0.422. The molecule has 0 amide bonds. The van der Waals surface area contributed by atoms with Crippen LogP contribution in [0.25, 0.3) is 0 Å². The maximum atomic E-state index is 13.4. The first kappa shape index (κ1) is 13.6. The van der Waals surface area contributed by atoms with E-state index in [4.69, 9.17) is 5.26 Å². The molecule has 0 fully saturated rings. The van der Waals surface area contributed by atoms with Gasteiger partial charge < -0.3 is 5.32 Å². The molecule has 0 saturated carbocycles. The van der Waals surface area contributed by atoms with Crippen LogP contribution in [-0.4, -0.2) is 0 Å². The van der Waals surface area contributed by atoms with Gasteiger partial charge in [-0.1, -0.05) is 15.9 Å². The van der Waals surface area contributed by atoms with Crippen molar-refractivity contribution in [2.45, 2.75) is 13.8 Å². The Morgan fingerprint density at radius 3 is 2.32 bits per heavy atom. The minimum absolute atomic E-state index is 0.301. The minimum Gasteiger partial charge on any atom is -0.355 e. The van der Waals surface area contributed by atoms with Crippen LogP contribution in [0.1, 0.15) is 16.7 Å². The molecule has 0 aliphatic carbocycles. The number of hydrogen-bond acceptors (Lipinski definition) is 2. The molecule has 0 saturated heterocycles. The second kappa shape index (κ2) is 5.41. The van der Waals surface area contributed by atoms with Crippen molar-refractivity contribution in [2.24, 2.45) is 0 Å². The standard InChI is InChI=1S/C15H12BrFN2/c1-9-3-12(16)4-10(2)15(9)19-14-6-11(8-18)5-13(17)7-14/h3-7,19H,1-2H3. The highest BCUT2D eigenvalue weighted by Gasteiger charge is 2.06. The van der Waals surface area contributed by atoms with Crippen LogP contribution in [0.3, 0.4) is 0 Å². The Morgan fingerprint density at radius 2 is 1.74 bits per heavy atom. The predicted octanol–water partition coefficient (Wildman–Crippen LogP) is 4.82. The predicted molar refractivity (Wildman–Crippen MR) is 78.0 cm³/mol. The first-order valence-corrected chi connectivity index (χ1v) is 6.53. The smallest absolute Gasteiger partial charge is 0.126 e. The van der Waals surface area contributed by atoms with Gasteiger partial charge in [-0.25, -0.2) is 4.39 Å². The summed E-state index contributed by atoms with van der Waals surface area (Å²) in [7, 11) is 0. The maximum Gasteiger partial charge on any atom is 0.126 e. The summed E-state index contributed by atoms with van der Waals surface area (Å²) in [6.07, 6.45) is 0. The summed E-state index contributed by atoms with van der Waals surface area (Å²) in [4.78, 5) is 0. The average Bonchev–Trinajstić information content (AvgIpc) is 2.33. The molecular weight excluding hydrogens is 307 g/mol. The van der Waals surface area contributed by atoms with Crippen LogP contribution in [0.4, 0.5) is 15.8 Å². The quantitative estimate of drug-likeness (QED) is 0.861. The van der Waals surface area contributed by atoms with Gasteiger partial charge in [0.25, 0.3) is 0 Å². The Labute approximate surface area is 120 Å². The summed E-state index contributed by atoms with van der Waals surface area (Å²) in [5.74, 6) is -0.422. The molecule has 0 bridgehead atoms. The molecule has 19 heavy (non-hydrogen) atoms. The summed E-state index contributed by atoms with van der Waals surface area (Å²) in [5, 5.41) is 12.0. The lowest BCUT2D eigenvalue weighted by atomic mass is 10.1. The lowest BCUT2D eigenvalue weighted by Gasteiger charge is -2.13. The van der Waals surface area contributed by atoms with E-state index in [1.54, 1.807) is 6.07 Å². The number of rotatable bonds is 2. The van der Waals surface area contributed by atoms with Crippen LogP contribution in [0, 0.1) is 31.0 Å². The Hall–Kier alpha value is -1.86. The fourth-order valence-corrected chi connectivity index (χ4v) is 2.67. The van der Waals surface area contributed by atoms with Gasteiger partial charge in [0, 0.05) is 15.8 Å². The van der Waals surface area contributed by atoms with E-state index in [2.05, 4.69) is 21.2 Å². The van der Waals surface area contributed by atoms with E-state index in [1.165, 1.54) is 12.1 Å². The maximum absolute atomic E-state index is 13.4. The fourth-order valence-electron chi connectivity index (χ4n) is 1.98. The van der Waals surface area contributed by atoms with E-state index in [-0.39, 0.29) is 0 Å². The molecule has 0 aliphatic heterocycles. The highest BCUT2D eigenvalue weighted by molar-refractivity contribution is 9.10. The molecule has 0 spiro atoms. The zero-order valence-corrected chi connectivity index (χ0v) is 12.2. The molecule has 0 heterocycles. The van der Waals surface area contributed by atoms with Crippen LogP contribution in [-0.2, 0) is 0 Å². The molecular formula is C15H12BrFN2. The molecule has 2 aromatic carbocycles. The summed E-state index contributed by atoms with van der Waals surface area (Å²) in [6.45, 7) is 3.95. The van der Waals surface area contributed by atoms with Gasteiger partial charge in [0.15, 0.2) is 0 Å². The molecule has 0 atom stereocenters. The molecule has 1 N–H and O–H groups in total. The Kier molecular flexibility index (Phi) is 3.87. The first-order chi connectivity index (χ1) is 8.99. The number of benzene rings is 2. The number of halogens is 2.